The van der Waals surface area contributed by atoms with Crippen molar-refractivity contribution in [1.82, 2.24) is 20.1 Å². The van der Waals surface area contributed by atoms with E-state index in [0.29, 0.717) is 24.7 Å². The molecule has 1 aromatic carbocycles. The maximum absolute atomic E-state index is 12.2. The lowest BCUT2D eigenvalue weighted by molar-refractivity contribution is -0.126. The molecule has 2 aromatic rings. The van der Waals surface area contributed by atoms with Crippen LogP contribution in [0.3, 0.4) is 0 Å². The largest absolute Gasteiger partial charge is 0.354 e. The minimum absolute atomic E-state index is 0.0660. The van der Waals surface area contributed by atoms with E-state index >= 15 is 0 Å². The molecular formula is C15H16ClN5O2. The Labute approximate surface area is 138 Å². The Hall–Kier alpha value is -2.41. The number of rotatable bonds is 5. The first-order valence-electron chi connectivity index (χ1n) is 7.29. The zero-order chi connectivity index (χ0) is 16.2. The van der Waals surface area contributed by atoms with Crippen molar-refractivity contribution in [3.63, 3.8) is 0 Å². The number of nitrogens with zero attached hydrogens (tertiary/aromatic N) is 4. The second-order valence-corrected chi connectivity index (χ2v) is 5.77. The summed E-state index contributed by atoms with van der Waals surface area (Å²) in [6, 6.07) is 7.08. The minimum atomic E-state index is -0.350. The Balaban J connectivity index is 1.55. The summed E-state index contributed by atoms with van der Waals surface area (Å²) in [4.78, 5) is 29.8. The van der Waals surface area contributed by atoms with Gasteiger partial charge in [-0.25, -0.2) is 4.98 Å². The molecule has 1 fully saturated rings. The van der Waals surface area contributed by atoms with Gasteiger partial charge < -0.3 is 10.2 Å². The van der Waals surface area contributed by atoms with Crippen molar-refractivity contribution in [3.8, 4) is 0 Å². The molecule has 1 N–H and O–H groups in total. The molecule has 23 heavy (non-hydrogen) atoms. The van der Waals surface area contributed by atoms with Crippen molar-refractivity contribution in [2.24, 2.45) is 5.92 Å². The van der Waals surface area contributed by atoms with Crippen LogP contribution in [0.4, 0.5) is 5.69 Å². The van der Waals surface area contributed by atoms with E-state index in [1.165, 1.54) is 6.33 Å². The van der Waals surface area contributed by atoms with Gasteiger partial charge in [0.15, 0.2) is 0 Å². The second-order valence-electron chi connectivity index (χ2n) is 5.33. The van der Waals surface area contributed by atoms with Gasteiger partial charge in [0.1, 0.15) is 12.7 Å². The highest BCUT2D eigenvalue weighted by Gasteiger charge is 2.34. The van der Waals surface area contributed by atoms with Crippen LogP contribution in [0.5, 0.6) is 0 Å². The summed E-state index contributed by atoms with van der Waals surface area (Å²) in [5, 5.41) is 7.36. The number of aromatic nitrogens is 3. The second kappa shape index (κ2) is 6.78. The van der Waals surface area contributed by atoms with Crippen LogP contribution in [-0.2, 0) is 16.1 Å². The van der Waals surface area contributed by atoms with Crippen molar-refractivity contribution in [3.05, 3.63) is 41.9 Å². The Morgan fingerprint density at radius 3 is 3.04 bits per heavy atom. The van der Waals surface area contributed by atoms with Crippen LogP contribution >= 0.6 is 11.6 Å². The third kappa shape index (κ3) is 3.68. The van der Waals surface area contributed by atoms with Gasteiger partial charge in [0.05, 0.1) is 12.5 Å². The molecule has 2 amide bonds. The maximum Gasteiger partial charge on any atom is 0.227 e. The van der Waals surface area contributed by atoms with E-state index in [-0.39, 0.29) is 24.2 Å². The lowest BCUT2D eigenvalue weighted by Gasteiger charge is -2.17. The van der Waals surface area contributed by atoms with Gasteiger partial charge in [-0.05, 0) is 18.2 Å². The Bertz CT molecular complexity index is 704. The molecule has 8 heteroatoms. The molecule has 0 unspecified atom stereocenters. The van der Waals surface area contributed by atoms with Gasteiger partial charge in [0, 0.05) is 30.2 Å². The summed E-state index contributed by atoms with van der Waals surface area (Å²) in [6.07, 6.45) is 3.24. The quantitative estimate of drug-likeness (QED) is 0.888. The van der Waals surface area contributed by atoms with Crippen LogP contribution in [0.15, 0.2) is 36.9 Å². The van der Waals surface area contributed by atoms with E-state index in [0.717, 1.165) is 5.69 Å². The highest BCUT2D eigenvalue weighted by molar-refractivity contribution is 6.30. The molecule has 2 heterocycles. The summed E-state index contributed by atoms with van der Waals surface area (Å²) in [5.74, 6) is -0.538. The first kappa shape index (κ1) is 15.5. The maximum atomic E-state index is 12.2. The molecule has 0 aliphatic carbocycles. The van der Waals surface area contributed by atoms with Gasteiger partial charge in [-0.1, -0.05) is 17.7 Å². The first-order chi connectivity index (χ1) is 11.1. The number of halogens is 1. The van der Waals surface area contributed by atoms with E-state index in [9.17, 15) is 9.59 Å². The third-order valence-electron chi connectivity index (χ3n) is 3.72. The van der Waals surface area contributed by atoms with Crippen LogP contribution in [0.25, 0.3) is 0 Å². The number of carbonyl (C=O) groups is 2. The van der Waals surface area contributed by atoms with E-state index in [2.05, 4.69) is 15.4 Å². The normalized spacial score (nSPS) is 17.5. The summed E-state index contributed by atoms with van der Waals surface area (Å²) >= 11 is 5.96. The molecule has 1 saturated heterocycles. The van der Waals surface area contributed by atoms with Gasteiger partial charge in [-0.2, -0.15) is 5.10 Å². The predicted molar refractivity (Wildman–Crippen MR) is 84.9 cm³/mol. The number of hydrogen-bond donors (Lipinski definition) is 1. The van der Waals surface area contributed by atoms with Crippen molar-refractivity contribution in [2.75, 3.05) is 18.0 Å². The minimum Gasteiger partial charge on any atom is -0.354 e. The first-order valence-corrected chi connectivity index (χ1v) is 7.67. The van der Waals surface area contributed by atoms with E-state index in [4.69, 9.17) is 11.6 Å². The van der Waals surface area contributed by atoms with Gasteiger partial charge in [0.25, 0.3) is 0 Å². The predicted octanol–water partition coefficient (Wildman–Crippen LogP) is 1.10. The SMILES string of the molecule is O=C(NCCn1cncn1)[C@H]1CC(=O)N(c2cccc(Cl)c2)C1. The molecule has 7 nitrogen and oxygen atoms in total. The summed E-state index contributed by atoms with van der Waals surface area (Å²) in [6.45, 7) is 1.36. The third-order valence-corrected chi connectivity index (χ3v) is 3.96. The standard InChI is InChI=1S/C15H16ClN5O2/c16-12-2-1-3-13(7-12)21-8-11(6-14(21)22)15(23)18-4-5-20-10-17-9-19-20/h1-3,7,9-11H,4-6,8H2,(H,18,23)/t11-/m0/s1. The van der Waals surface area contributed by atoms with E-state index in [1.54, 1.807) is 34.1 Å². The Kier molecular flexibility index (Phi) is 4.57. The van der Waals surface area contributed by atoms with E-state index < -0.39 is 0 Å². The lowest BCUT2D eigenvalue weighted by Crippen LogP contribution is -2.34. The van der Waals surface area contributed by atoms with Crippen LogP contribution < -0.4 is 10.2 Å². The van der Waals surface area contributed by atoms with Crippen molar-refractivity contribution in [1.29, 1.82) is 0 Å². The average molecular weight is 334 g/mol. The van der Waals surface area contributed by atoms with Crippen LogP contribution in [-0.4, -0.2) is 39.7 Å². The summed E-state index contributed by atoms with van der Waals surface area (Å²) < 4.78 is 1.64. The van der Waals surface area contributed by atoms with E-state index in [1.807, 2.05) is 6.07 Å². The molecule has 0 radical (unpaired) electrons. The number of nitrogens with one attached hydrogen (secondary N) is 1. The molecule has 3 rings (SSSR count). The van der Waals surface area contributed by atoms with Crippen molar-refractivity contribution >= 4 is 29.1 Å². The number of hydrogen-bond acceptors (Lipinski definition) is 4. The molecule has 1 atom stereocenters. The van der Waals surface area contributed by atoms with Gasteiger partial charge in [-0.3, -0.25) is 14.3 Å². The summed E-state index contributed by atoms with van der Waals surface area (Å²) in [5.41, 5.74) is 0.723. The van der Waals surface area contributed by atoms with Crippen molar-refractivity contribution in [2.45, 2.75) is 13.0 Å². The van der Waals surface area contributed by atoms with Crippen molar-refractivity contribution < 1.29 is 9.59 Å². The molecular weight excluding hydrogens is 318 g/mol. The van der Waals surface area contributed by atoms with Crippen LogP contribution in [0, 0.1) is 5.92 Å². The highest BCUT2D eigenvalue weighted by Crippen LogP contribution is 2.27. The molecule has 1 aliphatic heterocycles. The Morgan fingerprint density at radius 2 is 2.30 bits per heavy atom. The van der Waals surface area contributed by atoms with Crippen LogP contribution in [0.2, 0.25) is 5.02 Å². The topological polar surface area (TPSA) is 80.1 Å². The fourth-order valence-electron chi connectivity index (χ4n) is 2.56. The molecule has 1 aliphatic rings. The molecule has 0 bridgehead atoms. The average Bonchev–Trinajstić information content (AvgIpc) is 3.16. The number of benzene rings is 1. The van der Waals surface area contributed by atoms with Gasteiger partial charge >= 0.3 is 0 Å². The Morgan fingerprint density at radius 1 is 1.43 bits per heavy atom. The highest BCUT2D eigenvalue weighted by atomic mass is 35.5. The fourth-order valence-corrected chi connectivity index (χ4v) is 2.75. The zero-order valence-corrected chi connectivity index (χ0v) is 13.1. The summed E-state index contributed by atoms with van der Waals surface area (Å²) in [7, 11) is 0. The molecule has 1 aromatic heterocycles. The zero-order valence-electron chi connectivity index (χ0n) is 12.4. The number of amides is 2. The molecule has 120 valence electrons. The fraction of sp³-hybridized carbons (Fsp3) is 0.333. The number of carbonyl (C=O) groups excluding carboxylic acids is 2. The molecule has 0 spiro atoms. The van der Waals surface area contributed by atoms with Gasteiger partial charge in [0.2, 0.25) is 11.8 Å². The lowest BCUT2D eigenvalue weighted by atomic mass is 10.1. The molecule has 0 saturated carbocycles. The monoisotopic (exact) mass is 333 g/mol. The van der Waals surface area contributed by atoms with Gasteiger partial charge in [-0.15, -0.1) is 0 Å². The smallest absolute Gasteiger partial charge is 0.227 e. The number of anilines is 1. The van der Waals surface area contributed by atoms with Crippen LogP contribution in [0.1, 0.15) is 6.42 Å².